The summed E-state index contributed by atoms with van der Waals surface area (Å²) in [6.07, 6.45) is 1.40. The van der Waals surface area contributed by atoms with Crippen LogP contribution < -0.4 is 5.32 Å². The summed E-state index contributed by atoms with van der Waals surface area (Å²) in [4.78, 5) is 11.6. The van der Waals surface area contributed by atoms with Crippen LogP contribution in [0.1, 0.15) is 30.0 Å². The number of carbonyl (C=O) groups excluding carboxylic acids is 1. The van der Waals surface area contributed by atoms with Gasteiger partial charge in [0.25, 0.3) is 5.91 Å². The minimum atomic E-state index is -0.609. The maximum atomic E-state index is 11.6. The fraction of sp³-hybridized carbons (Fsp3) is 0.500. The largest absolute Gasteiger partial charge is 0.469 e. The molecular formula is C10H15NO3. The molecule has 0 bridgehead atoms. The Bertz CT molecular complexity index is 328. The second kappa shape index (κ2) is 3.84. The van der Waals surface area contributed by atoms with E-state index in [1.165, 1.54) is 6.26 Å². The number of aryl methyl sites for hydroxylation is 1. The van der Waals surface area contributed by atoms with E-state index in [0.717, 1.165) is 0 Å². The van der Waals surface area contributed by atoms with Crippen molar-refractivity contribution in [3.63, 3.8) is 0 Å². The molecule has 1 heterocycles. The third-order valence-corrected chi connectivity index (χ3v) is 1.84. The number of nitrogens with one attached hydrogen (secondary N) is 1. The molecule has 14 heavy (non-hydrogen) atoms. The molecule has 0 aliphatic heterocycles. The van der Waals surface area contributed by atoms with Gasteiger partial charge >= 0.3 is 0 Å². The fourth-order valence-electron chi connectivity index (χ4n) is 0.982. The van der Waals surface area contributed by atoms with Crippen molar-refractivity contribution in [3.05, 3.63) is 23.7 Å². The summed E-state index contributed by atoms with van der Waals surface area (Å²) in [6.45, 7) is 5.17. The van der Waals surface area contributed by atoms with Gasteiger partial charge < -0.3 is 14.8 Å². The molecule has 0 atom stereocenters. The number of amides is 1. The maximum absolute atomic E-state index is 11.6. The molecule has 78 valence electrons. The number of hydrogen-bond acceptors (Lipinski definition) is 3. The van der Waals surface area contributed by atoms with Gasteiger partial charge in [0.15, 0.2) is 0 Å². The van der Waals surface area contributed by atoms with Crippen LogP contribution in [0.3, 0.4) is 0 Å². The Balaban J connectivity index is 2.68. The van der Waals surface area contributed by atoms with E-state index >= 15 is 0 Å². The van der Waals surface area contributed by atoms with Crippen molar-refractivity contribution in [3.8, 4) is 0 Å². The van der Waals surface area contributed by atoms with Crippen molar-refractivity contribution in [1.29, 1.82) is 0 Å². The van der Waals surface area contributed by atoms with Crippen LogP contribution in [0, 0.1) is 6.92 Å². The summed E-state index contributed by atoms with van der Waals surface area (Å²) >= 11 is 0. The molecule has 1 aromatic rings. The lowest BCUT2D eigenvalue weighted by atomic mass is 10.1. The van der Waals surface area contributed by atoms with Gasteiger partial charge in [-0.15, -0.1) is 0 Å². The zero-order valence-corrected chi connectivity index (χ0v) is 8.63. The number of furan rings is 1. The van der Waals surface area contributed by atoms with E-state index in [-0.39, 0.29) is 12.5 Å². The van der Waals surface area contributed by atoms with Crippen LogP contribution in [0.15, 0.2) is 16.7 Å². The Morgan fingerprint density at radius 2 is 2.29 bits per heavy atom. The zero-order chi connectivity index (χ0) is 10.8. The molecule has 4 heteroatoms. The third-order valence-electron chi connectivity index (χ3n) is 1.84. The van der Waals surface area contributed by atoms with E-state index in [1.54, 1.807) is 26.8 Å². The average molecular weight is 197 g/mol. The summed E-state index contributed by atoms with van der Waals surface area (Å²) in [7, 11) is 0. The Hall–Kier alpha value is -1.29. The van der Waals surface area contributed by atoms with E-state index in [0.29, 0.717) is 11.3 Å². The van der Waals surface area contributed by atoms with Gasteiger partial charge in [0.1, 0.15) is 12.0 Å². The summed E-state index contributed by atoms with van der Waals surface area (Å²) in [5.74, 6) is 0.456. The van der Waals surface area contributed by atoms with Gasteiger partial charge in [-0.1, -0.05) is 0 Å². The number of rotatable bonds is 3. The van der Waals surface area contributed by atoms with Crippen LogP contribution in [0.2, 0.25) is 0 Å². The lowest BCUT2D eigenvalue weighted by Gasteiger charge is -2.22. The fourth-order valence-corrected chi connectivity index (χ4v) is 0.982. The van der Waals surface area contributed by atoms with Crippen LogP contribution in [0.5, 0.6) is 0 Å². The van der Waals surface area contributed by atoms with Crippen LogP contribution in [0.4, 0.5) is 0 Å². The highest BCUT2D eigenvalue weighted by atomic mass is 16.3. The Morgan fingerprint density at radius 3 is 2.71 bits per heavy atom. The highest BCUT2D eigenvalue weighted by molar-refractivity contribution is 5.94. The van der Waals surface area contributed by atoms with Crippen LogP contribution in [0.25, 0.3) is 0 Å². The lowest BCUT2D eigenvalue weighted by Crippen LogP contribution is -2.46. The molecule has 0 aliphatic rings. The summed E-state index contributed by atoms with van der Waals surface area (Å²) < 4.78 is 5.01. The van der Waals surface area contributed by atoms with Crippen molar-refractivity contribution >= 4 is 5.91 Å². The predicted molar refractivity (Wildman–Crippen MR) is 52.1 cm³/mol. The number of carbonyl (C=O) groups is 1. The molecule has 0 aromatic carbocycles. The minimum Gasteiger partial charge on any atom is -0.469 e. The Labute approximate surface area is 82.9 Å². The van der Waals surface area contributed by atoms with Crippen molar-refractivity contribution in [2.45, 2.75) is 26.3 Å². The molecule has 0 spiro atoms. The Morgan fingerprint density at radius 1 is 1.64 bits per heavy atom. The summed E-state index contributed by atoms with van der Waals surface area (Å²) in [5.41, 5.74) is -0.133. The molecule has 0 saturated carbocycles. The molecular weight excluding hydrogens is 182 g/mol. The minimum absolute atomic E-state index is 0.102. The van der Waals surface area contributed by atoms with Crippen molar-refractivity contribution < 1.29 is 14.3 Å². The third kappa shape index (κ3) is 2.60. The van der Waals surface area contributed by atoms with Crippen LogP contribution in [-0.4, -0.2) is 23.2 Å². The molecule has 0 aliphatic carbocycles. The van der Waals surface area contributed by atoms with Gasteiger partial charge in [-0.25, -0.2) is 0 Å². The van der Waals surface area contributed by atoms with Crippen molar-refractivity contribution in [2.24, 2.45) is 0 Å². The first-order valence-electron chi connectivity index (χ1n) is 4.43. The SMILES string of the molecule is Cc1cc(C(=O)NC(C)(C)CO)co1. The first-order chi connectivity index (χ1) is 6.44. The lowest BCUT2D eigenvalue weighted by molar-refractivity contribution is 0.0868. The van der Waals surface area contributed by atoms with Crippen molar-refractivity contribution in [1.82, 2.24) is 5.32 Å². The highest BCUT2D eigenvalue weighted by Crippen LogP contribution is 2.08. The standard InChI is InChI=1S/C10H15NO3/c1-7-4-8(5-14-7)9(13)11-10(2,3)6-12/h4-5,12H,6H2,1-3H3,(H,11,13). The van der Waals surface area contributed by atoms with Gasteiger partial charge in [0.05, 0.1) is 17.7 Å². The molecule has 0 unspecified atom stereocenters. The van der Waals surface area contributed by atoms with Gasteiger partial charge in [0.2, 0.25) is 0 Å². The van der Waals surface area contributed by atoms with E-state index in [4.69, 9.17) is 9.52 Å². The molecule has 0 fully saturated rings. The van der Waals surface area contributed by atoms with E-state index in [9.17, 15) is 4.79 Å². The van der Waals surface area contributed by atoms with E-state index in [1.807, 2.05) is 0 Å². The van der Waals surface area contributed by atoms with Crippen molar-refractivity contribution in [2.75, 3.05) is 6.61 Å². The van der Waals surface area contributed by atoms with Gasteiger partial charge in [-0.05, 0) is 26.8 Å². The number of aliphatic hydroxyl groups is 1. The second-order valence-corrected chi connectivity index (χ2v) is 3.94. The number of aliphatic hydroxyl groups excluding tert-OH is 1. The molecule has 1 rings (SSSR count). The molecule has 4 nitrogen and oxygen atoms in total. The molecule has 0 radical (unpaired) electrons. The first-order valence-corrected chi connectivity index (χ1v) is 4.43. The number of hydrogen-bond donors (Lipinski definition) is 2. The highest BCUT2D eigenvalue weighted by Gasteiger charge is 2.20. The zero-order valence-electron chi connectivity index (χ0n) is 8.63. The first kappa shape index (κ1) is 10.8. The summed E-state index contributed by atoms with van der Waals surface area (Å²) in [5, 5.41) is 11.6. The molecule has 2 N–H and O–H groups in total. The van der Waals surface area contributed by atoms with Gasteiger partial charge in [-0.3, -0.25) is 4.79 Å². The topological polar surface area (TPSA) is 62.5 Å². The molecule has 1 amide bonds. The quantitative estimate of drug-likeness (QED) is 0.762. The molecule has 1 aromatic heterocycles. The monoisotopic (exact) mass is 197 g/mol. The average Bonchev–Trinajstić information content (AvgIpc) is 2.51. The molecule has 0 saturated heterocycles. The van der Waals surface area contributed by atoms with Crippen LogP contribution in [-0.2, 0) is 0 Å². The summed E-state index contributed by atoms with van der Waals surface area (Å²) in [6, 6.07) is 1.66. The van der Waals surface area contributed by atoms with Crippen LogP contribution >= 0.6 is 0 Å². The Kier molecular flexibility index (Phi) is 2.96. The predicted octanol–water partition coefficient (Wildman–Crippen LogP) is 1.09. The maximum Gasteiger partial charge on any atom is 0.255 e. The van der Waals surface area contributed by atoms with E-state index < -0.39 is 5.54 Å². The van der Waals surface area contributed by atoms with E-state index in [2.05, 4.69) is 5.32 Å². The van der Waals surface area contributed by atoms with Gasteiger partial charge in [0, 0.05) is 0 Å². The van der Waals surface area contributed by atoms with Gasteiger partial charge in [-0.2, -0.15) is 0 Å². The normalized spacial score (nSPS) is 11.4. The second-order valence-electron chi connectivity index (χ2n) is 3.94. The smallest absolute Gasteiger partial charge is 0.255 e.